The van der Waals surface area contributed by atoms with E-state index in [1.165, 1.54) is 61.1 Å². The summed E-state index contributed by atoms with van der Waals surface area (Å²) in [4.78, 5) is 8.88. The van der Waals surface area contributed by atoms with E-state index in [9.17, 15) is 0 Å². The Morgan fingerprint density at radius 1 is 0.976 bits per heavy atom. The highest BCUT2D eigenvalue weighted by Gasteiger charge is 2.24. The molecule has 0 aliphatic heterocycles. The molecule has 1 aromatic rings. The third-order valence-electron chi connectivity index (χ3n) is 7.69. The molecule has 8 heteroatoms. The van der Waals surface area contributed by atoms with Crippen LogP contribution in [0.5, 0.6) is 5.75 Å². The minimum atomic E-state index is -0.331. The fourth-order valence-corrected chi connectivity index (χ4v) is 4.41. The van der Waals surface area contributed by atoms with Gasteiger partial charge in [-0.3, -0.25) is 5.84 Å². The van der Waals surface area contributed by atoms with E-state index in [1.54, 1.807) is 19.2 Å². The van der Waals surface area contributed by atoms with Crippen LogP contribution in [0.3, 0.4) is 0 Å². The molecule has 0 heterocycles. The maximum atomic E-state index is 6.33. The number of nitrogens with two attached hydrogens (primary N) is 2. The molecule has 0 amide bonds. The second-order valence-electron chi connectivity index (χ2n) is 10.9. The lowest BCUT2D eigenvalue weighted by atomic mass is 10.1. The molecule has 1 saturated carbocycles. The van der Waals surface area contributed by atoms with Crippen molar-refractivity contribution in [3.63, 3.8) is 0 Å². The van der Waals surface area contributed by atoms with Crippen LogP contribution < -0.4 is 16.4 Å². The molecule has 2 unspecified atom stereocenters. The van der Waals surface area contributed by atoms with E-state index in [0.717, 1.165) is 30.8 Å². The third-order valence-corrected chi connectivity index (χ3v) is 7.69. The fraction of sp³-hybridized carbons (Fsp3) is 0.727. The van der Waals surface area contributed by atoms with Crippen molar-refractivity contribution in [2.24, 2.45) is 16.7 Å². The zero-order chi connectivity index (χ0) is 30.7. The van der Waals surface area contributed by atoms with Gasteiger partial charge < -0.3 is 19.5 Å². The van der Waals surface area contributed by atoms with Crippen LogP contribution in [0.15, 0.2) is 35.5 Å². The predicted molar refractivity (Wildman–Crippen MR) is 181 cm³/mol. The van der Waals surface area contributed by atoms with Gasteiger partial charge in [0, 0.05) is 32.4 Å². The van der Waals surface area contributed by atoms with Crippen LogP contribution in [0.25, 0.3) is 0 Å². The van der Waals surface area contributed by atoms with Gasteiger partial charge in [-0.2, -0.15) is 0 Å². The van der Waals surface area contributed by atoms with Gasteiger partial charge in [-0.1, -0.05) is 91.9 Å². The standard InChI is InChI=1S/C15H35N7.C10H14O.C7H14.CH4/c1-9-14(19(6)10-2)11-22(17)15(20(7)12(3)4)18-13(5)21(8)16;1-4-9-5-6-10(11-3)8(2)7-9;1-2-4-6-7-5-3-1;/h14-15H,3,9-11,16-17H2,1-2,4-8H3;5-7H,4H2,1-3H3;1-7H2;1H4/b18-13+;;;. The Kier molecular flexibility index (Phi) is 23.4. The summed E-state index contributed by atoms with van der Waals surface area (Å²) in [6, 6.07) is 6.67. The molecule has 0 radical (unpaired) electrons. The molecule has 2 atom stereocenters. The van der Waals surface area contributed by atoms with Gasteiger partial charge in [0.05, 0.1) is 7.11 Å². The molecular weight excluding hydrogens is 510 g/mol. The van der Waals surface area contributed by atoms with Crippen molar-refractivity contribution in [1.29, 1.82) is 0 Å². The number of allylic oxidation sites excluding steroid dienone is 1. The summed E-state index contributed by atoms with van der Waals surface area (Å²) < 4.78 is 5.14. The van der Waals surface area contributed by atoms with Gasteiger partial charge in [0.2, 0.25) is 0 Å². The summed E-state index contributed by atoms with van der Waals surface area (Å²) in [7, 11) is 7.51. The van der Waals surface area contributed by atoms with Gasteiger partial charge in [0.1, 0.15) is 11.6 Å². The largest absolute Gasteiger partial charge is 0.496 e. The lowest BCUT2D eigenvalue weighted by Gasteiger charge is -2.37. The SMILES string of the molecule is C.C1CCCCCC1.C=C(C)N(C)C(/N=C(\C)N(C)N)N(N)CC(CC)N(C)CC.CCc1ccc(OC)c(C)c1. The first-order valence-corrected chi connectivity index (χ1v) is 15.2. The number of methoxy groups -OCH3 is 1. The lowest BCUT2D eigenvalue weighted by molar-refractivity contribution is 0.0598. The quantitative estimate of drug-likeness (QED) is 0.0747. The molecule has 0 spiro atoms. The monoisotopic (exact) mass is 578 g/mol. The van der Waals surface area contributed by atoms with Crippen LogP contribution in [0.1, 0.15) is 105 Å². The lowest BCUT2D eigenvalue weighted by Crippen LogP contribution is -2.54. The van der Waals surface area contributed by atoms with Gasteiger partial charge in [-0.25, -0.2) is 15.8 Å². The molecule has 1 aromatic carbocycles. The van der Waals surface area contributed by atoms with E-state index in [0.29, 0.717) is 18.4 Å². The van der Waals surface area contributed by atoms with Crippen molar-refractivity contribution < 1.29 is 4.74 Å². The second-order valence-corrected chi connectivity index (χ2v) is 10.9. The smallest absolute Gasteiger partial charge is 0.192 e. The molecule has 0 saturated heterocycles. The normalized spacial score (nSPS) is 14.8. The van der Waals surface area contributed by atoms with E-state index in [-0.39, 0.29) is 13.7 Å². The van der Waals surface area contributed by atoms with Crippen LogP contribution in [-0.4, -0.2) is 79.3 Å². The maximum Gasteiger partial charge on any atom is 0.192 e. The summed E-state index contributed by atoms with van der Waals surface area (Å²) in [5.41, 5.74) is 3.48. The van der Waals surface area contributed by atoms with Gasteiger partial charge >= 0.3 is 0 Å². The number of aliphatic imine (C=N–C) groups is 1. The number of ether oxygens (including phenoxy) is 1. The van der Waals surface area contributed by atoms with Crippen LogP contribution in [-0.2, 0) is 6.42 Å². The number of hydrogen-bond donors (Lipinski definition) is 2. The number of aryl methyl sites for hydroxylation is 2. The Labute approximate surface area is 254 Å². The Morgan fingerprint density at radius 3 is 1.83 bits per heavy atom. The van der Waals surface area contributed by atoms with E-state index < -0.39 is 0 Å². The highest BCUT2D eigenvalue weighted by molar-refractivity contribution is 5.78. The maximum absolute atomic E-state index is 6.33. The van der Waals surface area contributed by atoms with Gasteiger partial charge in [0.25, 0.3) is 0 Å². The number of rotatable bonds is 11. The third kappa shape index (κ3) is 16.8. The number of likely N-dealkylation sites (N-methyl/N-ethyl adjacent to an activating group) is 1. The first-order chi connectivity index (χ1) is 18.9. The van der Waals surface area contributed by atoms with Crippen molar-refractivity contribution in [1.82, 2.24) is 19.8 Å². The topological polar surface area (TPSA) is 86.6 Å². The van der Waals surface area contributed by atoms with Crippen molar-refractivity contribution >= 4 is 5.84 Å². The van der Waals surface area contributed by atoms with Gasteiger partial charge in [-0.05, 0) is 64.4 Å². The number of amidine groups is 1. The Morgan fingerprint density at radius 2 is 1.49 bits per heavy atom. The molecule has 0 aromatic heterocycles. The minimum absolute atomic E-state index is 0. The molecule has 41 heavy (non-hydrogen) atoms. The Hall–Kier alpha value is -2.13. The molecule has 240 valence electrons. The van der Waals surface area contributed by atoms with Crippen molar-refractivity contribution in [2.45, 2.75) is 119 Å². The first kappa shape index (κ1) is 41.0. The molecule has 1 aliphatic carbocycles. The number of hydrogen-bond acceptors (Lipinski definition) is 7. The zero-order valence-electron chi connectivity index (χ0n) is 27.7. The summed E-state index contributed by atoms with van der Waals surface area (Å²) in [6.45, 7) is 18.0. The average Bonchev–Trinajstić information content (AvgIpc) is 3.27. The zero-order valence-corrected chi connectivity index (χ0v) is 27.7. The molecule has 4 N–H and O–H groups in total. The number of nitrogens with zero attached hydrogens (tertiary/aromatic N) is 5. The van der Waals surface area contributed by atoms with Crippen molar-refractivity contribution in [3.05, 3.63) is 41.6 Å². The van der Waals surface area contributed by atoms with Crippen molar-refractivity contribution in [3.8, 4) is 5.75 Å². The summed E-state index contributed by atoms with van der Waals surface area (Å²) in [5.74, 6) is 13.8. The molecule has 1 aliphatic rings. The van der Waals surface area contributed by atoms with Crippen LogP contribution >= 0.6 is 0 Å². The predicted octanol–water partition coefficient (Wildman–Crippen LogP) is 6.80. The number of benzene rings is 1. The average molecular weight is 578 g/mol. The summed E-state index contributed by atoms with van der Waals surface area (Å²) in [5, 5.41) is 3.24. The van der Waals surface area contributed by atoms with Gasteiger partial charge in [0.15, 0.2) is 6.29 Å². The van der Waals surface area contributed by atoms with E-state index in [4.69, 9.17) is 16.4 Å². The first-order valence-electron chi connectivity index (χ1n) is 15.2. The summed E-state index contributed by atoms with van der Waals surface area (Å²) in [6.07, 6.45) is 12.3. The van der Waals surface area contributed by atoms with E-state index in [1.807, 2.05) is 31.9 Å². The summed E-state index contributed by atoms with van der Waals surface area (Å²) >= 11 is 0. The molecule has 8 nitrogen and oxygen atoms in total. The molecule has 1 fully saturated rings. The van der Waals surface area contributed by atoms with E-state index in [2.05, 4.69) is 63.3 Å². The second kappa shape index (κ2) is 23.4. The Bertz CT molecular complexity index is 823. The van der Waals surface area contributed by atoms with Crippen LogP contribution in [0, 0.1) is 6.92 Å². The molecule has 2 rings (SSSR count). The highest BCUT2D eigenvalue weighted by atomic mass is 16.5. The van der Waals surface area contributed by atoms with Crippen molar-refractivity contribution in [2.75, 3.05) is 41.3 Å². The highest BCUT2D eigenvalue weighted by Crippen LogP contribution is 2.18. The Balaban J connectivity index is 0. The van der Waals surface area contributed by atoms with Crippen LogP contribution in [0.2, 0.25) is 0 Å². The molecular formula is C33H67N7O. The number of hydrazine groups is 2. The fourth-order valence-electron chi connectivity index (χ4n) is 4.41. The molecule has 0 bridgehead atoms. The van der Waals surface area contributed by atoms with Gasteiger partial charge in [-0.15, -0.1) is 0 Å². The van der Waals surface area contributed by atoms with E-state index >= 15 is 0 Å². The minimum Gasteiger partial charge on any atom is -0.496 e. The van der Waals surface area contributed by atoms with Crippen LogP contribution in [0.4, 0.5) is 0 Å².